The van der Waals surface area contributed by atoms with E-state index in [0.29, 0.717) is 17.0 Å². The lowest BCUT2D eigenvalue weighted by Crippen LogP contribution is -2.15. The molecule has 19 heavy (non-hydrogen) atoms. The number of rotatable bonds is 3. The molecule has 0 aliphatic rings. The van der Waals surface area contributed by atoms with Crippen molar-refractivity contribution in [3.8, 4) is 0 Å². The molecule has 2 rings (SSSR count). The molecule has 0 radical (unpaired) electrons. The van der Waals surface area contributed by atoms with Crippen molar-refractivity contribution in [1.82, 2.24) is 14.9 Å². The Labute approximate surface area is 110 Å². The summed E-state index contributed by atoms with van der Waals surface area (Å²) in [6.07, 6.45) is 0. The molecule has 0 unspecified atom stereocenters. The van der Waals surface area contributed by atoms with Crippen LogP contribution in [-0.2, 0) is 17.1 Å². The third-order valence-electron chi connectivity index (χ3n) is 2.96. The second kappa shape index (κ2) is 4.26. The summed E-state index contributed by atoms with van der Waals surface area (Å²) in [6.45, 7) is 5.06. The van der Waals surface area contributed by atoms with Crippen LogP contribution in [0.3, 0.4) is 0 Å². The molecule has 3 N–H and O–H groups in total. The van der Waals surface area contributed by atoms with E-state index in [0.717, 1.165) is 0 Å². The van der Waals surface area contributed by atoms with Gasteiger partial charge in [-0.2, -0.15) is 5.10 Å². The summed E-state index contributed by atoms with van der Waals surface area (Å²) in [5.74, 6) is 0.0292. The van der Waals surface area contributed by atoms with Gasteiger partial charge in [-0.3, -0.25) is 4.68 Å². The molecule has 0 amide bonds. The molecule has 0 bridgehead atoms. The number of sulfonamides is 1. The Bertz CT molecular complexity index is 729. The van der Waals surface area contributed by atoms with Gasteiger partial charge in [-0.25, -0.2) is 13.1 Å². The molecular formula is C10H15N5O3S. The van der Waals surface area contributed by atoms with Crippen LogP contribution in [0.1, 0.15) is 17.0 Å². The minimum atomic E-state index is -3.86. The number of nitrogen functional groups attached to an aromatic ring is 1. The maximum Gasteiger partial charge on any atom is 0.269 e. The molecule has 2 aromatic heterocycles. The van der Waals surface area contributed by atoms with Gasteiger partial charge in [0.1, 0.15) is 0 Å². The summed E-state index contributed by atoms with van der Waals surface area (Å²) in [5, 5.41) is 7.57. The van der Waals surface area contributed by atoms with E-state index in [1.165, 1.54) is 4.68 Å². The number of hydrogen-bond acceptors (Lipinski definition) is 6. The quantitative estimate of drug-likeness (QED) is 0.858. The maximum absolute atomic E-state index is 12.3. The number of anilines is 2. The van der Waals surface area contributed by atoms with Crippen LogP contribution in [0.4, 0.5) is 11.7 Å². The molecule has 0 aliphatic carbocycles. The minimum Gasteiger partial charge on any atom is -0.381 e. The summed E-state index contributed by atoms with van der Waals surface area (Å²) in [6, 6.07) is 0. The SMILES string of the molecule is Cc1noc(NS(=O)(=O)c2c(N)nn(C)c2C)c1C. The first-order valence-corrected chi connectivity index (χ1v) is 6.97. The second-order valence-corrected chi connectivity index (χ2v) is 5.87. The van der Waals surface area contributed by atoms with Gasteiger partial charge in [0.2, 0.25) is 5.88 Å². The van der Waals surface area contributed by atoms with Crippen molar-refractivity contribution >= 4 is 21.7 Å². The Hall–Kier alpha value is -2.03. The maximum atomic E-state index is 12.3. The first kappa shape index (κ1) is 13.4. The van der Waals surface area contributed by atoms with Gasteiger partial charge in [0, 0.05) is 12.6 Å². The summed E-state index contributed by atoms with van der Waals surface area (Å²) in [7, 11) is -2.24. The van der Waals surface area contributed by atoms with Gasteiger partial charge >= 0.3 is 0 Å². The fraction of sp³-hybridized carbons (Fsp3) is 0.400. The van der Waals surface area contributed by atoms with Crippen LogP contribution in [0.5, 0.6) is 0 Å². The van der Waals surface area contributed by atoms with Gasteiger partial charge in [-0.05, 0) is 20.8 Å². The van der Waals surface area contributed by atoms with Crippen LogP contribution in [0.15, 0.2) is 9.42 Å². The predicted octanol–water partition coefficient (Wildman–Crippen LogP) is 0.716. The Balaban J connectivity index is 2.47. The largest absolute Gasteiger partial charge is 0.381 e. The van der Waals surface area contributed by atoms with Crippen molar-refractivity contribution in [2.45, 2.75) is 25.7 Å². The number of nitrogens with one attached hydrogen (secondary N) is 1. The zero-order valence-electron chi connectivity index (χ0n) is 11.1. The Morgan fingerprint density at radius 2 is 1.95 bits per heavy atom. The molecule has 2 heterocycles. The third-order valence-corrected chi connectivity index (χ3v) is 4.45. The van der Waals surface area contributed by atoms with Crippen LogP contribution < -0.4 is 10.5 Å². The first-order valence-electron chi connectivity index (χ1n) is 5.48. The fourth-order valence-electron chi connectivity index (χ4n) is 1.63. The standard InChI is InChI=1S/C10H15N5O3S/c1-5-6(2)13-18-10(5)14-19(16,17)8-7(3)15(4)12-9(8)11/h14H,1-4H3,(H2,11,12). The summed E-state index contributed by atoms with van der Waals surface area (Å²) >= 11 is 0. The van der Waals surface area contributed by atoms with Crippen LogP contribution >= 0.6 is 0 Å². The van der Waals surface area contributed by atoms with E-state index in [2.05, 4.69) is 15.0 Å². The Morgan fingerprint density at radius 3 is 2.37 bits per heavy atom. The van der Waals surface area contributed by atoms with Crippen molar-refractivity contribution in [3.63, 3.8) is 0 Å². The first-order chi connectivity index (χ1) is 8.74. The molecule has 8 nitrogen and oxygen atoms in total. The predicted molar refractivity (Wildman–Crippen MR) is 69.1 cm³/mol. The average Bonchev–Trinajstić information content (AvgIpc) is 2.73. The lowest BCUT2D eigenvalue weighted by atomic mass is 10.3. The topological polar surface area (TPSA) is 116 Å². The Kier molecular flexibility index (Phi) is 3.01. The van der Waals surface area contributed by atoms with E-state index in [-0.39, 0.29) is 16.6 Å². The molecule has 0 atom stereocenters. The Morgan fingerprint density at radius 1 is 1.32 bits per heavy atom. The van der Waals surface area contributed by atoms with Crippen molar-refractivity contribution in [2.24, 2.45) is 7.05 Å². The van der Waals surface area contributed by atoms with E-state index in [1.807, 2.05) is 0 Å². The third kappa shape index (κ3) is 2.16. The van der Waals surface area contributed by atoms with E-state index in [9.17, 15) is 8.42 Å². The van der Waals surface area contributed by atoms with Gasteiger partial charge in [0.05, 0.1) is 11.4 Å². The van der Waals surface area contributed by atoms with Crippen LogP contribution in [0.2, 0.25) is 0 Å². The van der Waals surface area contributed by atoms with Crippen molar-refractivity contribution in [3.05, 3.63) is 17.0 Å². The number of nitrogens with two attached hydrogens (primary N) is 1. The molecule has 0 spiro atoms. The van der Waals surface area contributed by atoms with E-state index < -0.39 is 10.0 Å². The zero-order chi connectivity index (χ0) is 14.4. The normalized spacial score (nSPS) is 11.8. The minimum absolute atomic E-state index is 0.0524. The number of aromatic nitrogens is 3. The molecule has 0 saturated heterocycles. The van der Waals surface area contributed by atoms with Gasteiger partial charge in [-0.1, -0.05) is 5.16 Å². The smallest absolute Gasteiger partial charge is 0.269 e. The summed E-state index contributed by atoms with van der Waals surface area (Å²) in [4.78, 5) is -0.0524. The molecule has 0 aliphatic heterocycles. The monoisotopic (exact) mass is 285 g/mol. The summed E-state index contributed by atoms with van der Waals surface area (Å²) < 4.78 is 33.2. The number of hydrogen-bond donors (Lipinski definition) is 2. The lowest BCUT2D eigenvalue weighted by Gasteiger charge is -2.05. The fourth-order valence-corrected chi connectivity index (χ4v) is 3.00. The van der Waals surface area contributed by atoms with Crippen LogP contribution in [-0.4, -0.2) is 23.4 Å². The van der Waals surface area contributed by atoms with E-state index in [4.69, 9.17) is 10.3 Å². The van der Waals surface area contributed by atoms with E-state index >= 15 is 0 Å². The molecule has 9 heteroatoms. The van der Waals surface area contributed by atoms with Crippen LogP contribution in [0, 0.1) is 20.8 Å². The lowest BCUT2D eigenvalue weighted by molar-refractivity contribution is 0.430. The van der Waals surface area contributed by atoms with E-state index in [1.54, 1.807) is 27.8 Å². The van der Waals surface area contributed by atoms with Crippen molar-refractivity contribution < 1.29 is 12.9 Å². The molecule has 104 valence electrons. The number of nitrogens with zero attached hydrogens (tertiary/aromatic N) is 3. The highest BCUT2D eigenvalue weighted by Crippen LogP contribution is 2.26. The van der Waals surface area contributed by atoms with Gasteiger partial charge in [-0.15, -0.1) is 0 Å². The number of aryl methyl sites for hydroxylation is 2. The second-order valence-electron chi connectivity index (χ2n) is 4.25. The van der Waals surface area contributed by atoms with Gasteiger partial charge < -0.3 is 10.3 Å². The highest BCUT2D eigenvalue weighted by molar-refractivity contribution is 7.93. The molecule has 2 aromatic rings. The van der Waals surface area contributed by atoms with Crippen molar-refractivity contribution in [1.29, 1.82) is 0 Å². The average molecular weight is 285 g/mol. The molecule has 0 saturated carbocycles. The van der Waals surface area contributed by atoms with Gasteiger partial charge in [0.25, 0.3) is 10.0 Å². The molecular weight excluding hydrogens is 270 g/mol. The molecule has 0 fully saturated rings. The zero-order valence-corrected chi connectivity index (χ0v) is 11.9. The van der Waals surface area contributed by atoms with Crippen LogP contribution in [0.25, 0.3) is 0 Å². The highest BCUT2D eigenvalue weighted by atomic mass is 32.2. The van der Waals surface area contributed by atoms with Crippen molar-refractivity contribution in [2.75, 3.05) is 10.5 Å². The van der Waals surface area contributed by atoms with Gasteiger partial charge in [0.15, 0.2) is 10.7 Å². The summed E-state index contributed by atoms with van der Waals surface area (Å²) in [5.41, 5.74) is 7.32. The highest BCUT2D eigenvalue weighted by Gasteiger charge is 2.26. The molecule has 0 aromatic carbocycles.